The Labute approximate surface area is 128 Å². The first-order valence-corrected chi connectivity index (χ1v) is 7.96. The third kappa shape index (κ3) is 3.05. The van der Waals surface area contributed by atoms with Crippen LogP contribution in [0.5, 0.6) is 0 Å². The molecule has 0 radical (unpaired) electrons. The lowest BCUT2D eigenvalue weighted by atomic mass is 9.86. The maximum absolute atomic E-state index is 12.2. The molecule has 1 aliphatic carbocycles. The van der Waals surface area contributed by atoms with Gasteiger partial charge in [0.15, 0.2) is 5.65 Å². The first kappa shape index (κ1) is 14.8. The van der Waals surface area contributed by atoms with Crippen LogP contribution in [0.25, 0.3) is 5.65 Å². The van der Waals surface area contributed by atoms with E-state index < -0.39 is 5.97 Å². The van der Waals surface area contributed by atoms with Gasteiger partial charge in [-0.3, -0.25) is 9.89 Å². The van der Waals surface area contributed by atoms with Gasteiger partial charge in [-0.15, -0.1) is 0 Å². The Balaban J connectivity index is 1.87. The predicted molar refractivity (Wildman–Crippen MR) is 82.0 cm³/mol. The second-order valence-corrected chi connectivity index (χ2v) is 5.88. The molecule has 0 aliphatic heterocycles. The summed E-state index contributed by atoms with van der Waals surface area (Å²) >= 11 is 0. The van der Waals surface area contributed by atoms with Crippen LogP contribution in [0.15, 0.2) is 16.9 Å². The molecule has 6 heteroatoms. The van der Waals surface area contributed by atoms with Crippen molar-refractivity contribution in [3.8, 4) is 0 Å². The number of nitrogens with one attached hydrogen (secondary N) is 1. The van der Waals surface area contributed by atoms with E-state index in [0.717, 1.165) is 12.1 Å². The molecule has 0 bridgehead atoms. The number of hydrogen-bond acceptors (Lipinski definition) is 4. The summed E-state index contributed by atoms with van der Waals surface area (Å²) in [6.07, 6.45) is 7.11. The molecule has 6 nitrogen and oxygen atoms in total. The van der Waals surface area contributed by atoms with Gasteiger partial charge in [0.05, 0.1) is 6.61 Å². The van der Waals surface area contributed by atoms with E-state index in [2.05, 4.69) is 10.1 Å². The highest BCUT2D eigenvalue weighted by atomic mass is 16.5. The maximum Gasteiger partial charge on any atom is 0.356 e. The molecule has 1 fully saturated rings. The van der Waals surface area contributed by atoms with Crippen molar-refractivity contribution in [2.24, 2.45) is 5.92 Å². The largest absolute Gasteiger partial charge is 0.461 e. The topological polar surface area (TPSA) is 76.5 Å². The fourth-order valence-electron chi connectivity index (χ4n) is 3.15. The number of carbonyl (C=O) groups is 1. The minimum absolute atomic E-state index is 0.189. The molecule has 0 spiro atoms. The summed E-state index contributed by atoms with van der Waals surface area (Å²) in [6.45, 7) is 2.04. The summed E-state index contributed by atoms with van der Waals surface area (Å²) in [5.41, 5.74) is 1.35. The highest BCUT2D eigenvalue weighted by molar-refractivity contribution is 5.88. The molecule has 22 heavy (non-hydrogen) atoms. The van der Waals surface area contributed by atoms with E-state index in [1.54, 1.807) is 19.1 Å². The molecule has 0 unspecified atom stereocenters. The van der Waals surface area contributed by atoms with Crippen molar-refractivity contribution < 1.29 is 9.53 Å². The average Bonchev–Trinajstić information content (AvgIpc) is 2.93. The van der Waals surface area contributed by atoms with Crippen LogP contribution in [-0.4, -0.2) is 27.2 Å². The summed E-state index contributed by atoms with van der Waals surface area (Å²) in [5, 5.41) is 2.75. The van der Waals surface area contributed by atoms with Crippen LogP contribution in [0, 0.1) is 5.92 Å². The van der Waals surface area contributed by atoms with E-state index in [-0.39, 0.29) is 11.3 Å². The highest BCUT2D eigenvalue weighted by Gasteiger charge is 2.17. The molecule has 0 aromatic carbocycles. The Hall–Kier alpha value is -2.11. The third-order valence-corrected chi connectivity index (χ3v) is 4.22. The SMILES string of the molecule is CCOC(=O)c1cc2nc(CC3CCCCC3)cc(=O)n2[nH]1. The molecular weight excluding hydrogens is 282 g/mol. The van der Waals surface area contributed by atoms with Crippen LogP contribution < -0.4 is 5.56 Å². The van der Waals surface area contributed by atoms with Gasteiger partial charge in [0.2, 0.25) is 0 Å². The quantitative estimate of drug-likeness (QED) is 0.879. The molecule has 2 aromatic rings. The third-order valence-electron chi connectivity index (χ3n) is 4.22. The molecule has 118 valence electrons. The van der Waals surface area contributed by atoms with Crippen molar-refractivity contribution in [2.75, 3.05) is 6.61 Å². The first-order valence-electron chi connectivity index (χ1n) is 7.96. The Morgan fingerprint density at radius 3 is 2.86 bits per heavy atom. The second-order valence-electron chi connectivity index (χ2n) is 5.88. The Bertz CT molecular complexity index is 726. The van der Waals surface area contributed by atoms with Gasteiger partial charge in [-0.25, -0.2) is 14.3 Å². The monoisotopic (exact) mass is 303 g/mol. The Morgan fingerprint density at radius 1 is 1.36 bits per heavy atom. The average molecular weight is 303 g/mol. The Morgan fingerprint density at radius 2 is 2.14 bits per heavy atom. The second kappa shape index (κ2) is 6.34. The van der Waals surface area contributed by atoms with Crippen molar-refractivity contribution in [3.63, 3.8) is 0 Å². The number of ether oxygens (including phenoxy) is 1. The predicted octanol–water partition coefficient (Wildman–Crippen LogP) is 2.32. The Kier molecular flexibility index (Phi) is 4.27. The van der Waals surface area contributed by atoms with E-state index in [9.17, 15) is 9.59 Å². The van der Waals surface area contributed by atoms with Gasteiger partial charge >= 0.3 is 5.97 Å². The molecule has 1 saturated carbocycles. The number of fused-ring (bicyclic) bond motifs is 1. The van der Waals surface area contributed by atoms with Gasteiger partial charge < -0.3 is 4.74 Å². The van der Waals surface area contributed by atoms with Crippen molar-refractivity contribution in [2.45, 2.75) is 45.4 Å². The van der Waals surface area contributed by atoms with Gasteiger partial charge in [-0.05, 0) is 19.3 Å². The van der Waals surface area contributed by atoms with Gasteiger partial charge in [0.1, 0.15) is 5.69 Å². The summed E-state index contributed by atoms with van der Waals surface area (Å²) in [5.74, 6) is 0.146. The molecular formula is C16H21N3O3. The van der Waals surface area contributed by atoms with Gasteiger partial charge in [-0.1, -0.05) is 32.1 Å². The molecule has 0 saturated heterocycles. The zero-order valence-corrected chi connectivity index (χ0v) is 12.8. The fourth-order valence-corrected chi connectivity index (χ4v) is 3.15. The van der Waals surface area contributed by atoms with E-state index in [1.807, 2.05) is 0 Å². The lowest BCUT2D eigenvalue weighted by Gasteiger charge is -2.20. The van der Waals surface area contributed by atoms with E-state index in [1.165, 1.54) is 36.6 Å². The van der Waals surface area contributed by atoms with Crippen molar-refractivity contribution >= 4 is 11.6 Å². The van der Waals surface area contributed by atoms with E-state index in [4.69, 9.17) is 4.74 Å². The van der Waals surface area contributed by atoms with E-state index >= 15 is 0 Å². The highest BCUT2D eigenvalue weighted by Crippen LogP contribution is 2.26. The lowest BCUT2D eigenvalue weighted by molar-refractivity contribution is 0.0519. The van der Waals surface area contributed by atoms with Gasteiger partial charge in [-0.2, -0.15) is 0 Å². The minimum atomic E-state index is -0.471. The standard InChI is InChI=1S/C16H21N3O3/c1-2-22-16(21)13-10-14-17-12(9-15(20)19(14)18-13)8-11-6-4-3-5-7-11/h9-11,18H,2-8H2,1H3. The lowest BCUT2D eigenvalue weighted by Crippen LogP contribution is -2.18. The number of hydrogen-bond donors (Lipinski definition) is 1. The van der Waals surface area contributed by atoms with E-state index in [0.29, 0.717) is 18.2 Å². The molecule has 3 rings (SSSR count). The van der Waals surface area contributed by atoms with Crippen LogP contribution in [0.4, 0.5) is 0 Å². The molecule has 1 N–H and O–H groups in total. The number of aromatic nitrogens is 3. The maximum atomic E-state index is 12.2. The fraction of sp³-hybridized carbons (Fsp3) is 0.562. The van der Waals surface area contributed by atoms with Crippen LogP contribution in [0.1, 0.15) is 55.2 Å². The molecule has 1 aliphatic rings. The van der Waals surface area contributed by atoms with Gasteiger partial charge in [0, 0.05) is 17.8 Å². The summed E-state index contributed by atoms with van der Waals surface area (Å²) in [7, 11) is 0. The van der Waals surface area contributed by atoms with Crippen LogP contribution in [0.2, 0.25) is 0 Å². The van der Waals surface area contributed by atoms with Crippen molar-refractivity contribution in [1.82, 2.24) is 14.6 Å². The number of esters is 1. The number of carbonyl (C=O) groups excluding carboxylic acids is 1. The number of nitrogens with zero attached hydrogens (tertiary/aromatic N) is 2. The number of rotatable bonds is 4. The molecule has 2 heterocycles. The summed E-state index contributed by atoms with van der Waals surface area (Å²) in [4.78, 5) is 28.4. The molecule has 0 amide bonds. The van der Waals surface area contributed by atoms with Crippen LogP contribution in [-0.2, 0) is 11.2 Å². The van der Waals surface area contributed by atoms with Gasteiger partial charge in [0.25, 0.3) is 5.56 Å². The van der Waals surface area contributed by atoms with Crippen LogP contribution >= 0.6 is 0 Å². The normalized spacial score (nSPS) is 16.0. The first-order chi connectivity index (χ1) is 10.7. The molecule has 2 aromatic heterocycles. The zero-order chi connectivity index (χ0) is 15.5. The summed E-state index contributed by atoms with van der Waals surface area (Å²) < 4.78 is 6.22. The smallest absolute Gasteiger partial charge is 0.356 e. The summed E-state index contributed by atoms with van der Waals surface area (Å²) in [6, 6.07) is 3.14. The number of aromatic amines is 1. The van der Waals surface area contributed by atoms with Crippen molar-refractivity contribution in [3.05, 3.63) is 33.9 Å². The minimum Gasteiger partial charge on any atom is -0.461 e. The zero-order valence-electron chi connectivity index (χ0n) is 12.8. The van der Waals surface area contributed by atoms with Crippen molar-refractivity contribution in [1.29, 1.82) is 0 Å². The number of H-pyrrole nitrogens is 1. The molecule has 0 atom stereocenters. The van der Waals surface area contributed by atoms with Crippen LogP contribution in [0.3, 0.4) is 0 Å².